The van der Waals surface area contributed by atoms with Gasteiger partial charge in [-0.15, -0.1) is 0 Å². The van der Waals surface area contributed by atoms with Crippen LogP contribution in [0.4, 0.5) is 0 Å². The maximum Gasteiger partial charge on any atom is 0.248 e. The number of nitrogens with one attached hydrogen (secondary N) is 1. The van der Waals surface area contributed by atoms with Gasteiger partial charge in [-0.25, -0.2) is 13.1 Å². The molecule has 1 amide bonds. The Morgan fingerprint density at radius 2 is 1.41 bits per heavy atom. The number of hydrogen-bond acceptors (Lipinski definition) is 5. The van der Waals surface area contributed by atoms with Crippen LogP contribution in [0.5, 0.6) is 0 Å². The Morgan fingerprint density at radius 3 is 2.07 bits per heavy atom. The van der Waals surface area contributed by atoms with Gasteiger partial charge in [-0.2, -0.15) is 0 Å². The Balaban J connectivity index is 1.04. The van der Waals surface area contributed by atoms with Gasteiger partial charge in [-0.05, 0) is 92.1 Å². The topological polar surface area (TPSA) is 79.0 Å². The molecule has 7 nitrogen and oxygen atoms in total. The van der Waals surface area contributed by atoms with Crippen molar-refractivity contribution in [2.75, 3.05) is 40.4 Å². The molecule has 0 radical (unpaired) electrons. The molecule has 1 saturated heterocycles. The normalized spacial score (nSPS) is 18.5. The van der Waals surface area contributed by atoms with E-state index in [0.29, 0.717) is 0 Å². The van der Waals surface area contributed by atoms with Crippen molar-refractivity contribution in [3.05, 3.63) is 114 Å². The van der Waals surface area contributed by atoms with Gasteiger partial charge < -0.3 is 9.64 Å². The van der Waals surface area contributed by atoms with Crippen LogP contribution in [0, 0.1) is 5.41 Å². The monoisotopic (exact) mass is 639 g/mol. The minimum Gasteiger partial charge on any atom is -0.370 e. The van der Waals surface area contributed by atoms with Gasteiger partial charge in [0.15, 0.2) is 0 Å². The maximum atomic E-state index is 13.5. The molecule has 2 aliphatic rings. The van der Waals surface area contributed by atoms with E-state index in [2.05, 4.69) is 54.0 Å². The average Bonchev–Trinajstić information content (AvgIpc) is 3.09. The molecule has 1 atom stereocenters. The second-order valence-corrected chi connectivity index (χ2v) is 15.0. The molecule has 4 aromatic carbocycles. The third-order valence-corrected chi connectivity index (χ3v) is 12.0. The van der Waals surface area contributed by atoms with Crippen molar-refractivity contribution in [2.45, 2.75) is 55.0 Å². The summed E-state index contributed by atoms with van der Waals surface area (Å²) in [6, 6.07) is 32.4. The molecule has 46 heavy (non-hydrogen) atoms. The first kappa shape index (κ1) is 32.4. The lowest BCUT2D eigenvalue weighted by molar-refractivity contribution is -0.139. The zero-order chi connectivity index (χ0) is 32.2. The number of fused-ring (bicyclic) bond motifs is 1. The van der Waals surface area contributed by atoms with Crippen LogP contribution in [-0.4, -0.2) is 64.5 Å². The number of piperidine rings is 1. The third kappa shape index (κ3) is 6.91. The highest BCUT2D eigenvalue weighted by atomic mass is 32.2. The first-order chi connectivity index (χ1) is 22.2. The summed E-state index contributed by atoms with van der Waals surface area (Å²) in [6.45, 7) is 1.44. The molecule has 1 aliphatic carbocycles. The van der Waals surface area contributed by atoms with Crippen molar-refractivity contribution in [2.24, 2.45) is 5.41 Å². The van der Waals surface area contributed by atoms with Crippen LogP contribution in [0.3, 0.4) is 0 Å². The molecule has 1 aliphatic heterocycles. The molecule has 6 rings (SSSR count). The second-order valence-electron chi connectivity index (χ2n) is 13.3. The minimum absolute atomic E-state index is 0.0400. The molecular weight excluding hydrogens is 595 g/mol. The Hall–Kier alpha value is -3.56. The zero-order valence-electron chi connectivity index (χ0n) is 26.9. The van der Waals surface area contributed by atoms with E-state index in [1.165, 1.54) is 5.56 Å². The van der Waals surface area contributed by atoms with Crippen LogP contribution in [0.15, 0.2) is 108 Å². The Morgan fingerprint density at radius 1 is 0.804 bits per heavy atom. The van der Waals surface area contributed by atoms with E-state index in [1.54, 1.807) is 12.1 Å². The fourth-order valence-electron chi connectivity index (χ4n) is 7.50. The lowest BCUT2D eigenvalue weighted by atomic mass is 9.61. The largest absolute Gasteiger partial charge is 0.370 e. The molecule has 0 aromatic heterocycles. The van der Waals surface area contributed by atoms with E-state index in [4.69, 9.17) is 4.74 Å². The number of likely N-dealkylation sites (tertiary alicyclic amines) is 1. The Labute approximate surface area is 273 Å². The molecule has 4 aromatic rings. The van der Waals surface area contributed by atoms with Crippen LogP contribution in [0.1, 0.15) is 55.7 Å². The molecule has 1 heterocycles. The predicted molar refractivity (Wildman–Crippen MR) is 183 cm³/mol. The van der Waals surface area contributed by atoms with E-state index in [1.807, 2.05) is 65.6 Å². The summed E-state index contributed by atoms with van der Waals surface area (Å²) in [5, 5.41) is 1.83. The van der Waals surface area contributed by atoms with Crippen LogP contribution >= 0.6 is 0 Å². The number of rotatable bonds is 10. The molecule has 2 fully saturated rings. The standard InChI is InChI=1S/C38H45N3O4S/c1-40(2)38(33-15-7-4-8-16-33)21-19-37(20-22-38)23-25-41(26-24-37)36(42)29-45-28-35(31-12-5-3-6-13-31)39-46(43,44)34-18-17-30-11-9-10-14-32(30)27-34/h3-18,27,35,39H,19-26,28-29H2,1-2H3/t35-/m1/s1. The van der Waals surface area contributed by atoms with Crippen LogP contribution in [0.25, 0.3) is 10.8 Å². The van der Waals surface area contributed by atoms with Gasteiger partial charge in [0.2, 0.25) is 15.9 Å². The summed E-state index contributed by atoms with van der Waals surface area (Å²) in [4.78, 5) is 17.8. The van der Waals surface area contributed by atoms with Crippen molar-refractivity contribution in [3.63, 3.8) is 0 Å². The number of hydrogen-bond donors (Lipinski definition) is 1. The van der Waals surface area contributed by atoms with E-state index in [-0.39, 0.29) is 35.0 Å². The molecule has 242 valence electrons. The first-order valence-corrected chi connectivity index (χ1v) is 17.8. The minimum atomic E-state index is -3.85. The first-order valence-electron chi connectivity index (χ1n) is 16.3. The van der Waals surface area contributed by atoms with Gasteiger partial charge in [0.05, 0.1) is 17.5 Å². The smallest absolute Gasteiger partial charge is 0.248 e. The summed E-state index contributed by atoms with van der Waals surface area (Å²) in [7, 11) is 0.549. The van der Waals surface area contributed by atoms with Crippen molar-refractivity contribution < 1.29 is 17.9 Å². The van der Waals surface area contributed by atoms with E-state index < -0.39 is 16.1 Å². The lowest BCUT2D eigenvalue weighted by Gasteiger charge is -2.52. The molecular formula is C38H45N3O4S. The summed E-state index contributed by atoms with van der Waals surface area (Å²) >= 11 is 0. The summed E-state index contributed by atoms with van der Waals surface area (Å²) in [5.41, 5.74) is 2.53. The number of ether oxygens (including phenoxy) is 1. The summed E-state index contributed by atoms with van der Waals surface area (Å²) in [6.07, 6.45) is 6.59. The average molecular weight is 640 g/mol. The van der Waals surface area contributed by atoms with Gasteiger partial charge in [0, 0.05) is 18.6 Å². The molecule has 1 spiro atoms. The molecule has 0 unspecified atom stereocenters. The number of carbonyl (C=O) groups excluding carboxylic acids is 1. The molecule has 0 bridgehead atoms. The van der Waals surface area contributed by atoms with Crippen LogP contribution in [0.2, 0.25) is 0 Å². The summed E-state index contributed by atoms with van der Waals surface area (Å²) in [5.74, 6) is -0.0400. The van der Waals surface area contributed by atoms with Gasteiger partial charge >= 0.3 is 0 Å². The quantitative estimate of drug-likeness (QED) is 0.214. The van der Waals surface area contributed by atoms with Crippen molar-refractivity contribution in [3.8, 4) is 0 Å². The molecule has 1 saturated carbocycles. The highest BCUT2D eigenvalue weighted by Crippen LogP contribution is 2.52. The van der Waals surface area contributed by atoms with Gasteiger partial charge in [-0.1, -0.05) is 91.0 Å². The zero-order valence-corrected chi connectivity index (χ0v) is 27.7. The third-order valence-electron chi connectivity index (χ3n) is 10.5. The Bertz CT molecular complexity index is 1730. The van der Waals surface area contributed by atoms with E-state index in [9.17, 15) is 13.2 Å². The van der Waals surface area contributed by atoms with Crippen molar-refractivity contribution in [1.29, 1.82) is 0 Å². The number of sulfonamides is 1. The lowest BCUT2D eigenvalue weighted by Crippen LogP contribution is -2.50. The SMILES string of the molecule is CN(C)C1(c2ccccc2)CCC2(CCN(C(=O)COC[C@@H](NS(=O)(=O)c3ccc4ccccc4c3)c3ccccc3)CC2)CC1. The van der Waals surface area contributed by atoms with Gasteiger partial charge in [0.1, 0.15) is 6.61 Å². The van der Waals surface area contributed by atoms with E-state index >= 15 is 0 Å². The van der Waals surface area contributed by atoms with Gasteiger partial charge in [-0.3, -0.25) is 9.69 Å². The highest BCUT2D eigenvalue weighted by molar-refractivity contribution is 7.89. The van der Waals surface area contributed by atoms with Gasteiger partial charge in [0.25, 0.3) is 0 Å². The predicted octanol–water partition coefficient (Wildman–Crippen LogP) is 6.52. The van der Waals surface area contributed by atoms with Crippen molar-refractivity contribution >= 4 is 26.7 Å². The fourth-order valence-corrected chi connectivity index (χ4v) is 8.74. The number of nitrogens with zero attached hydrogens (tertiary/aromatic N) is 2. The van der Waals surface area contributed by atoms with E-state index in [0.717, 1.165) is 68.0 Å². The summed E-state index contributed by atoms with van der Waals surface area (Å²) < 4.78 is 35.7. The number of amides is 1. The van der Waals surface area contributed by atoms with Crippen molar-refractivity contribution in [1.82, 2.24) is 14.5 Å². The number of carbonyl (C=O) groups is 1. The fraction of sp³-hybridized carbons (Fsp3) is 0.395. The number of benzene rings is 4. The van der Waals surface area contributed by atoms with Crippen LogP contribution < -0.4 is 4.72 Å². The Kier molecular flexibility index (Phi) is 9.62. The maximum absolute atomic E-state index is 13.5. The van der Waals surface area contributed by atoms with Crippen LogP contribution in [-0.2, 0) is 25.1 Å². The molecule has 1 N–H and O–H groups in total. The molecule has 8 heteroatoms. The highest BCUT2D eigenvalue weighted by Gasteiger charge is 2.46. The second kappa shape index (κ2) is 13.7.